The lowest BCUT2D eigenvalue weighted by molar-refractivity contribution is 0.103. The lowest BCUT2D eigenvalue weighted by atomic mass is 9.95. The normalized spacial score (nSPS) is 12.1. The minimum atomic E-state index is -3.12. The van der Waals surface area contributed by atoms with Crippen LogP contribution in [0.3, 0.4) is 0 Å². The van der Waals surface area contributed by atoms with Crippen molar-refractivity contribution in [3.05, 3.63) is 140 Å². The third-order valence-electron chi connectivity index (χ3n) is 12.8. The molecule has 0 aliphatic rings. The Balaban J connectivity index is 1.27. The fourth-order valence-corrected chi connectivity index (χ4v) is 9.71. The molecule has 0 saturated heterocycles. The van der Waals surface area contributed by atoms with Crippen LogP contribution < -0.4 is 0 Å². The van der Waals surface area contributed by atoms with Gasteiger partial charge in [-0.2, -0.15) is 0 Å². The van der Waals surface area contributed by atoms with Crippen molar-refractivity contribution in [2.75, 3.05) is 0 Å². The fraction of sp³-hybridized carbons (Fsp3) is 0.308. The van der Waals surface area contributed by atoms with Gasteiger partial charge in [0.2, 0.25) is 11.6 Å². The molecule has 14 heteroatoms. The maximum absolute atomic E-state index is 14.1. The van der Waals surface area contributed by atoms with E-state index in [0.29, 0.717) is 74.1 Å². The van der Waals surface area contributed by atoms with Gasteiger partial charge in [0.1, 0.15) is 11.5 Å². The summed E-state index contributed by atoms with van der Waals surface area (Å²) in [6.45, 7) is 15.9. The number of rotatable bonds is 20. The maximum Gasteiger partial charge on any atom is 0.796 e. The smallest absolute Gasteiger partial charge is 0.503 e. The maximum atomic E-state index is 14.1. The van der Waals surface area contributed by atoms with Crippen molar-refractivity contribution in [2.45, 2.75) is 107 Å². The van der Waals surface area contributed by atoms with E-state index in [1.165, 1.54) is 0 Å². The molecular formula is C52H56B2F4N4O4. The van der Waals surface area contributed by atoms with Crippen LogP contribution in [0.4, 0.5) is 17.3 Å². The summed E-state index contributed by atoms with van der Waals surface area (Å²) in [6, 6.07) is 16.5. The van der Waals surface area contributed by atoms with E-state index in [1.54, 1.807) is 12.4 Å². The van der Waals surface area contributed by atoms with Crippen LogP contribution in [0.25, 0.3) is 55.6 Å². The Kier molecular flexibility index (Phi) is 14.7. The third-order valence-corrected chi connectivity index (χ3v) is 12.8. The highest BCUT2D eigenvalue weighted by molar-refractivity contribution is 6.36. The highest BCUT2D eigenvalue weighted by Crippen LogP contribution is 2.37. The summed E-state index contributed by atoms with van der Waals surface area (Å²) in [6.07, 6.45) is 10.8. The number of carbonyl (C=O) groups excluding carboxylic acids is 2. The van der Waals surface area contributed by atoms with Crippen LogP contribution in [0, 0.1) is 0 Å². The van der Waals surface area contributed by atoms with Gasteiger partial charge < -0.3 is 29.2 Å². The second-order valence-corrected chi connectivity index (χ2v) is 16.3. The molecule has 0 amide bonds. The molecule has 7 aromatic rings. The van der Waals surface area contributed by atoms with E-state index in [-0.39, 0.29) is 11.5 Å². The Bertz CT molecular complexity index is 2800. The molecule has 0 unspecified atom stereocenters. The summed E-state index contributed by atoms with van der Waals surface area (Å²) in [7, 11) is -6.24. The number of hydrogen-bond acceptors (Lipinski definition) is 4. The second kappa shape index (κ2) is 20.4. The van der Waals surface area contributed by atoms with Gasteiger partial charge in [-0.1, -0.05) is 79.7 Å². The van der Waals surface area contributed by atoms with Gasteiger partial charge in [-0.05, 0) is 153 Å². The number of aryl methyl sites for hydroxylation is 2. The molecule has 0 saturated carbocycles. The zero-order valence-corrected chi connectivity index (χ0v) is 38.9. The van der Waals surface area contributed by atoms with Crippen molar-refractivity contribution in [1.82, 2.24) is 19.9 Å². The van der Waals surface area contributed by atoms with E-state index in [4.69, 9.17) is 9.31 Å². The van der Waals surface area contributed by atoms with Crippen LogP contribution in [0.1, 0.15) is 132 Å². The summed E-state index contributed by atoms with van der Waals surface area (Å²) in [4.78, 5) is 41.1. The number of halogens is 4. The van der Waals surface area contributed by atoms with Gasteiger partial charge in [0.25, 0.3) is 0 Å². The minimum absolute atomic E-state index is 0.201. The van der Waals surface area contributed by atoms with E-state index in [9.17, 15) is 26.9 Å². The van der Waals surface area contributed by atoms with Gasteiger partial charge in [-0.3, -0.25) is 9.59 Å². The zero-order chi connectivity index (χ0) is 47.4. The molecular weight excluding hydrogens is 842 g/mol. The summed E-state index contributed by atoms with van der Waals surface area (Å²) in [5, 5.41) is 3.95. The molecule has 66 heavy (non-hydrogen) atoms. The van der Waals surface area contributed by atoms with E-state index in [1.807, 2.05) is 79.7 Å². The van der Waals surface area contributed by atoms with Crippen molar-refractivity contribution in [2.24, 2.45) is 0 Å². The van der Waals surface area contributed by atoms with Crippen LogP contribution in [0.5, 0.6) is 0 Å². The summed E-state index contributed by atoms with van der Waals surface area (Å²) in [5.74, 6) is -1.32. The molecule has 4 heterocycles. The Labute approximate surface area is 384 Å². The van der Waals surface area contributed by atoms with E-state index < -0.39 is 26.5 Å². The Morgan fingerprint density at radius 1 is 0.470 bits per heavy atom. The standard InChI is InChI=1S/C52H56B2F4N4O4/c1-9-29-27-59-51(37(29)11-3)45(65-53(55)56)25-43(63)49-41(15-7)39(13-5)47(61-49)33-19-17-31-21-32-18-20-34(23-36(32)24-35(31)22-33)48-40(14-6)42(16-8)50(62-48)44(64)26-46(66-54(57)58)52-38(12-4)30(10-2)28-60-52/h17-28,59-62H,9-16H2,1-8H3/b45-25-,46-26-. The largest absolute Gasteiger partial charge is 0.796 e. The van der Waals surface area contributed by atoms with E-state index in [2.05, 4.69) is 44.2 Å². The van der Waals surface area contributed by atoms with Gasteiger partial charge in [0.05, 0.1) is 22.8 Å². The first kappa shape index (κ1) is 47.5. The average molecular weight is 899 g/mol. The number of H-pyrrole nitrogens is 4. The molecule has 342 valence electrons. The summed E-state index contributed by atoms with van der Waals surface area (Å²) < 4.78 is 65.1. The molecule has 7 rings (SSSR count). The minimum Gasteiger partial charge on any atom is -0.503 e. The van der Waals surface area contributed by atoms with Gasteiger partial charge in [0.15, 0.2) is 0 Å². The molecule has 3 aromatic carbocycles. The van der Waals surface area contributed by atoms with Crippen molar-refractivity contribution >= 4 is 59.6 Å². The number of aromatic nitrogens is 4. The van der Waals surface area contributed by atoms with Crippen LogP contribution >= 0.6 is 0 Å². The molecule has 4 N–H and O–H groups in total. The number of fused-ring (bicyclic) bond motifs is 2. The number of benzene rings is 3. The van der Waals surface area contributed by atoms with Crippen molar-refractivity contribution < 1.29 is 36.2 Å². The quantitative estimate of drug-likeness (QED) is 0.0152. The van der Waals surface area contributed by atoms with Gasteiger partial charge in [-0.15, -0.1) is 0 Å². The second-order valence-electron chi connectivity index (χ2n) is 16.3. The number of nitrogens with one attached hydrogen (secondary N) is 4. The molecule has 0 aliphatic heterocycles. The lowest BCUT2D eigenvalue weighted by Gasteiger charge is -2.10. The first-order valence-corrected chi connectivity index (χ1v) is 23.1. The van der Waals surface area contributed by atoms with Crippen LogP contribution in [-0.4, -0.2) is 46.4 Å². The molecule has 8 nitrogen and oxygen atoms in total. The zero-order valence-electron chi connectivity index (χ0n) is 38.9. The Morgan fingerprint density at radius 2 is 0.833 bits per heavy atom. The topological polar surface area (TPSA) is 116 Å². The molecule has 0 radical (unpaired) electrons. The van der Waals surface area contributed by atoms with Crippen molar-refractivity contribution in [3.8, 4) is 22.5 Å². The number of allylic oxidation sites excluding steroid dienone is 2. The molecule has 0 bridgehead atoms. The predicted molar refractivity (Wildman–Crippen MR) is 260 cm³/mol. The Hall–Kier alpha value is -6.43. The highest BCUT2D eigenvalue weighted by Gasteiger charge is 2.28. The molecule has 0 atom stereocenters. The van der Waals surface area contributed by atoms with Crippen LogP contribution in [0.15, 0.2) is 73.1 Å². The molecule has 0 fully saturated rings. The van der Waals surface area contributed by atoms with E-state index >= 15 is 0 Å². The predicted octanol–water partition coefficient (Wildman–Crippen LogP) is 13.5. The summed E-state index contributed by atoms with van der Waals surface area (Å²) >= 11 is 0. The first-order chi connectivity index (χ1) is 31.8. The lowest BCUT2D eigenvalue weighted by Crippen LogP contribution is -2.09. The van der Waals surface area contributed by atoms with Gasteiger partial charge in [0, 0.05) is 35.9 Å². The fourth-order valence-electron chi connectivity index (χ4n) is 9.71. The van der Waals surface area contributed by atoms with Gasteiger partial charge >= 0.3 is 14.9 Å². The van der Waals surface area contributed by atoms with E-state index in [0.717, 1.165) is 101 Å². The highest BCUT2D eigenvalue weighted by atomic mass is 19.2. The first-order valence-electron chi connectivity index (χ1n) is 23.1. The van der Waals surface area contributed by atoms with Crippen LogP contribution in [-0.2, 0) is 60.7 Å². The van der Waals surface area contributed by atoms with Crippen LogP contribution in [0.2, 0.25) is 0 Å². The monoisotopic (exact) mass is 898 g/mol. The number of hydrogen-bond donors (Lipinski definition) is 4. The molecule has 4 aromatic heterocycles. The average Bonchev–Trinajstić information content (AvgIpc) is 4.11. The van der Waals surface area contributed by atoms with Crippen molar-refractivity contribution in [3.63, 3.8) is 0 Å². The number of carbonyl (C=O) groups is 2. The Morgan fingerprint density at radius 3 is 1.17 bits per heavy atom. The number of aromatic amines is 4. The van der Waals surface area contributed by atoms with Gasteiger partial charge in [-0.25, -0.2) is 17.3 Å². The molecule has 0 spiro atoms. The number of ketones is 2. The third kappa shape index (κ3) is 9.19. The molecule has 0 aliphatic carbocycles. The SMILES string of the molecule is CCc1c[nH]c(/C(=C/C(=O)c2[nH]c(-c3ccc4cc5ccc(-c6[nH]c(C(=O)/C=C(\OB(F)F)c7[nH]cc(CC)c7CC)c(CC)c6CC)cc5cc4c3)c(CC)c2CC)OB(F)F)c1CC. The summed E-state index contributed by atoms with van der Waals surface area (Å²) in [5.41, 5.74) is 11.9. The van der Waals surface area contributed by atoms with Crippen molar-refractivity contribution in [1.29, 1.82) is 0 Å².